The summed E-state index contributed by atoms with van der Waals surface area (Å²) in [6, 6.07) is 13.4. The van der Waals surface area contributed by atoms with Crippen LogP contribution in [-0.2, 0) is 9.53 Å². The third-order valence-electron chi connectivity index (χ3n) is 3.25. The number of benzene rings is 2. The number of amides is 2. The molecule has 7 nitrogen and oxygen atoms in total. The van der Waals surface area contributed by atoms with E-state index in [2.05, 4.69) is 15.8 Å². The smallest absolute Gasteiger partial charge is 0.338 e. The fraction of sp³-hybridized carbons (Fsp3) is 0.0588. The number of fused-ring (bicyclic) bond motifs is 1. The highest BCUT2D eigenvalue weighted by molar-refractivity contribution is 7.16. The molecule has 0 aliphatic rings. The monoisotopic (exact) mass is 355 g/mol. The van der Waals surface area contributed by atoms with Crippen molar-refractivity contribution in [3.63, 3.8) is 0 Å². The molecule has 25 heavy (non-hydrogen) atoms. The van der Waals surface area contributed by atoms with E-state index in [1.54, 1.807) is 54.0 Å². The van der Waals surface area contributed by atoms with Crippen LogP contribution in [0.15, 0.2) is 54.0 Å². The zero-order chi connectivity index (χ0) is 17.6. The lowest BCUT2D eigenvalue weighted by molar-refractivity contribution is -0.125. The molecule has 1 heterocycles. The largest absolute Gasteiger partial charge is 0.452 e. The van der Waals surface area contributed by atoms with Gasteiger partial charge in [-0.05, 0) is 30.3 Å². The molecule has 0 unspecified atom stereocenters. The van der Waals surface area contributed by atoms with Gasteiger partial charge in [-0.3, -0.25) is 20.4 Å². The molecular weight excluding hydrogens is 342 g/mol. The summed E-state index contributed by atoms with van der Waals surface area (Å²) >= 11 is 1.41. The molecule has 2 aromatic carbocycles. The number of nitrogens with one attached hydrogen (secondary N) is 2. The summed E-state index contributed by atoms with van der Waals surface area (Å²) < 4.78 is 5.79. The van der Waals surface area contributed by atoms with Gasteiger partial charge in [-0.1, -0.05) is 18.2 Å². The van der Waals surface area contributed by atoms with Crippen molar-refractivity contribution in [1.82, 2.24) is 15.8 Å². The Morgan fingerprint density at radius 2 is 1.80 bits per heavy atom. The van der Waals surface area contributed by atoms with Gasteiger partial charge in [0.25, 0.3) is 11.8 Å². The van der Waals surface area contributed by atoms with Crippen LogP contribution in [0.5, 0.6) is 0 Å². The second-order valence-electron chi connectivity index (χ2n) is 4.98. The molecule has 0 aliphatic heterocycles. The number of ether oxygens (including phenoxy) is 1. The van der Waals surface area contributed by atoms with Crippen molar-refractivity contribution in [1.29, 1.82) is 0 Å². The van der Waals surface area contributed by atoms with Crippen LogP contribution in [0.3, 0.4) is 0 Å². The molecule has 1 aromatic heterocycles. The van der Waals surface area contributed by atoms with Crippen molar-refractivity contribution in [3.8, 4) is 0 Å². The Labute approximate surface area is 146 Å². The minimum atomic E-state index is -0.642. The van der Waals surface area contributed by atoms with E-state index >= 15 is 0 Å². The molecule has 2 amide bonds. The fourth-order valence-corrected chi connectivity index (χ4v) is 2.74. The molecule has 3 rings (SSSR count). The first-order valence-electron chi connectivity index (χ1n) is 7.28. The van der Waals surface area contributed by atoms with E-state index in [1.807, 2.05) is 0 Å². The predicted molar refractivity (Wildman–Crippen MR) is 92.0 cm³/mol. The zero-order valence-corrected chi connectivity index (χ0v) is 13.7. The average molecular weight is 355 g/mol. The summed E-state index contributed by atoms with van der Waals surface area (Å²) in [5.41, 5.74) is 7.65. The number of hydrazine groups is 1. The number of rotatable bonds is 4. The van der Waals surface area contributed by atoms with Gasteiger partial charge < -0.3 is 4.74 Å². The van der Waals surface area contributed by atoms with Crippen LogP contribution in [0, 0.1) is 0 Å². The van der Waals surface area contributed by atoms with Crippen molar-refractivity contribution in [2.75, 3.05) is 6.61 Å². The van der Waals surface area contributed by atoms with Gasteiger partial charge in [0.1, 0.15) is 0 Å². The van der Waals surface area contributed by atoms with Gasteiger partial charge in [-0.15, -0.1) is 11.3 Å². The van der Waals surface area contributed by atoms with Crippen LogP contribution >= 0.6 is 11.3 Å². The van der Waals surface area contributed by atoms with Crippen molar-refractivity contribution < 1.29 is 19.1 Å². The van der Waals surface area contributed by atoms with Crippen molar-refractivity contribution >= 4 is 39.3 Å². The fourth-order valence-electron chi connectivity index (χ4n) is 2.02. The van der Waals surface area contributed by atoms with Crippen LogP contribution in [0.2, 0.25) is 0 Å². The Kier molecular flexibility index (Phi) is 5.00. The van der Waals surface area contributed by atoms with Crippen LogP contribution in [0.1, 0.15) is 20.7 Å². The van der Waals surface area contributed by atoms with E-state index in [1.165, 1.54) is 11.3 Å². The number of hydrogen-bond donors (Lipinski definition) is 2. The molecule has 0 bridgehead atoms. The topological polar surface area (TPSA) is 97.4 Å². The molecule has 2 N–H and O–H groups in total. The Balaban J connectivity index is 1.48. The van der Waals surface area contributed by atoms with Crippen LogP contribution < -0.4 is 10.9 Å². The minimum Gasteiger partial charge on any atom is -0.452 e. The Morgan fingerprint density at radius 1 is 1.00 bits per heavy atom. The van der Waals surface area contributed by atoms with Crippen molar-refractivity contribution in [3.05, 3.63) is 65.2 Å². The van der Waals surface area contributed by atoms with Crippen molar-refractivity contribution in [2.24, 2.45) is 0 Å². The number of esters is 1. The molecule has 8 heteroatoms. The highest BCUT2D eigenvalue weighted by Crippen LogP contribution is 2.19. The Hall–Kier alpha value is -3.26. The summed E-state index contributed by atoms with van der Waals surface area (Å²) in [7, 11) is 0. The standard InChI is InChI=1S/C17H13N3O4S/c21-15(19-20-16(22)11-4-2-1-3-5-11)9-24-17(23)12-6-7-13-14(8-12)25-10-18-13/h1-8,10H,9H2,(H,19,21)(H,20,22). The summed E-state index contributed by atoms with van der Waals surface area (Å²) in [6.45, 7) is -0.505. The van der Waals surface area contributed by atoms with Gasteiger partial charge in [-0.25, -0.2) is 9.78 Å². The van der Waals surface area contributed by atoms with Gasteiger partial charge >= 0.3 is 5.97 Å². The Bertz CT molecular complexity index is 924. The van der Waals surface area contributed by atoms with E-state index in [9.17, 15) is 14.4 Å². The molecule has 0 fully saturated rings. The molecule has 126 valence electrons. The van der Waals surface area contributed by atoms with Crippen LogP contribution in [-0.4, -0.2) is 29.4 Å². The van der Waals surface area contributed by atoms with Gasteiger partial charge in [0, 0.05) is 5.56 Å². The highest BCUT2D eigenvalue weighted by atomic mass is 32.1. The van der Waals surface area contributed by atoms with Crippen LogP contribution in [0.4, 0.5) is 0 Å². The number of carbonyl (C=O) groups excluding carboxylic acids is 3. The summed E-state index contributed by atoms with van der Waals surface area (Å²) in [5, 5.41) is 0. The highest BCUT2D eigenvalue weighted by Gasteiger charge is 2.12. The first-order valence-corrected chi connectivity index (χ1v) is 8.16. The second kappa shape index (κ2) is 7.54. The lowest BCUT2D eigenvalue weighted by atomic mass is 10.2. The number of hydrogen-bond acceptors (Lipinski definition) is 6. The number of thiazole rings is 1. The second-order valence-corrected chi connectivity index (χ2v) is 5.87. The van der Waals surface area contributed by atoms with Gasteiger partial charge in [0.2, 0.25) is 0 Å². The van der Waals surface area contributed by atoms with E-state index in [4.69, 9.17) is 4.74 Å². The van der Waals surface area contributed by atoms with E-state index < -0.39 is 24.4 Å². The lowest BCUT2D eigenvalue weighted by Gasteiger charge is -2.08. The normalized spacial score (nSPS) is 10.2. The maximum Gasteiger partial charge on any atom is 0.338 e. The predicted octanol–water partition coefficient (Wildman–Crippen LogP) is 1.91. The molecule has 0 spiro atoms. The maximum atomic E-state index is 12.0. The summed E-state index contributed by atoms with van der Waals surface area (Å²) in [4.78, 5) is 39.5. The minimum absolute atomic E-state index is 0.331. The average Bonchev–Trinajstić information content (AvgIpc) is 3.12. The van der Waals surface area contributed by atoms with Crippen LogP contribution in [0.25, 0.3) is 10.2 Å². The molecule has 3 aromatic rings. The maximum absolute atomic E-state index is 12.0. The lowest BCUT2D eigenvalue weighted by Crippen LogP contribution is -2.43. The zero-order valence-electron chi connectivity index (χ0n) is 12.9. The van der Waals surface area contributed by atoms with E-state index in [-0.39, 0.29) is 0 Å². The van der Waals surface area contributed by atoms with Gasteiger partial charge in [-0.2, -0.15) is 0 Å². The molecule has 0 saturated heterocycles. The first-order chi connectivity index (χ1) is 12.1. The molecule has 0 saturated carbocycles. The Morgan fingerprint density at radius 3 is 2.60 bits per heavy atom. The third kappa shape index (κ3) is 4.18. The van der Waals surface area contributed by atoms with E-state index in [0.29, 0.717) is 11.1 Å². The first kappa shape index (κ1) is 16.6. The quantitative estimate of drug-likeness (QED) is 0.550. The SMILES string of the molecule is O=C(COC(=O)c1ccc2ncsc2c1)NNC(=O)c1ccccc1. The van der Waals surface area contributed by atoms with Crippen molar-refractivity contribution in [2.45, 2.75) is 0 Å². The third-order valence-corrected chi connectivity index (χ3v) is 4.04. The molecule has 0 atom stereocenters. The summed E-state index contributed by atoms with van der Waals surface area (Å²) in [5.74, 6) is -1.73. The molecule has 0 aliphatic carbocycles. The summed E-state index contributed by atoms with van der Waals surface area (Å²) in [6.07, 6.45) is 0. The number of nitrogens with zero attached hydrogens (tertiary/aromatic N) is 1. The molecular formula is C17H13N3O4S. The number of aromatic nitrogens is 1. The van der Waals surface area contributed by atoms with E-state index in [0.717, 1.165) is 10.2 Å². The number of carbonyl (C=O) groups is 3. The van der Waals surface area contributed by atoms with Gasteiger partial charge in [0.05, 0.1) is 21.3 Å². The van der Waals surface area contributed by atoms with Gasteiger partial charge in [0.15, 0.2) is 6.61 Å². The molecule has 0 radical (unpaired) electrons.